The number of nitrogens with one attached hydrogen (secondary N) is 1. The van der Waals surface area contributed by atoms with Gasteiger partial charge in [-0.05, 0) is 48.2 Å². The second-order valence-electron chi connectivity index (χ2n) is 9.87. The van der Waals surface area contributed by atoms with Gasteiger partial charge in [0.25, 0.3) is 0 Å². The van der Waals surface area contributed by atoms with Gasteiger partial charge in [-0.1, -0.05) is 61.0 Å². The molecule has 5 atom stereocenters. The van der Waals surface area contributed by atoms with Crippen molar-refractivity contribution < 1.29 is 30.0 Å². The maximum absolute atomic E-state index is 13.1. The summed E-state index contributed by atoms with van der Waals surface area (Å²) in [4.78, 5) is 13.1. The van der Waals surface area contributed by atoms with E-state index in [9.17, 15) is 25.2 Å². The summed E-state index contributed by atoms with van der Waals surface area (Å²) in [7, 11) is 0. The average Bonchev–Trinajstić information content (AvgIpc) is 3.38. The Bertz CT molecular complexity index is 1490. The minimum atomic E-state index is -1.58. The van der Waals surface area contributed by atoms with Gasteiger partial charge >= 0.3 is 0 Å². The fourth-order valence-electron chi connectivity index (χ4n) is 5.21. The fraction of sp³-hybridized carbons (Fsp3) is 0.333. The maximum atomic E-state index is 13.1. The van der Waals surface area contributed by atoms with Crippen molar-refractivity contribution in [3.05, 3.63) is 83.0 Å². The summed E-state index contributed by atoms with van der Waals surface area (Å²) in [6, 6.07) is 21.4. The number of aromatic nitrogens is 2. The van der Waals surface area contributed by atoms with Crippen LogP contribution in [0.3, 0.4) is 0 Å². The molecule has 0 saturated carbocycles. The first-order chi connectivity index (χ1) is 19.3. The van der Waals surface area contributed by atoms with E-state index in [-0.39, 0.29) is 6.42 Å². The summed E-state index contributed by atoms with van der Waals surface area (Å²) < 4.78 is 7.39. The quantitative estimate of drug-likeness (QED) is 0.221. The molecule has 1 aliphatic rings. The second kappa shape index (κ2) is 12.1. The van der Waals surface area contributed by atoms with Crippen LogP contribution in [0.2, 0.25) is 5.02 Å². The molecule has 1 saturated heterocycles. The van der Waals surface area contributed by atoms with Gasteiger partial charge in [-0.2, -0.15) is 5.10 Å². The molecule has 9 nitrogen and oxygen atoms in total. The Hall–Kier alpha value is -3.31. The number of fused-ring (bicyclic) bond motifs is 1. The van der Waals surface area contributed by atoms with Crippen LogP contribution in [0, 0.1) is 0 Å². The van der Waals surface area contributed by atoms with Gasteiger partial charge in [0.2, 0.25) is 5.91 Å². The van der Waals surface area contributed by atoms with Crippen LogP contribution >= 0.6 is 11.6 Å². The smallest absolute Gasteiger partial charge is 0.222 e. The molecule has 0 radical (unpaired) electrons. The highest BCUT2D eigenvalue weighted by Gasteiger charge is 2.43. The summed E-state index contributed by atoms with van der Waals surface area (Å²) in [5, 5.41) is 48.2. The van der Waals surface area contributed by atoms with Crippen LogP contribution in [0.25, 0.3) is 27.9 Å². The number of nitrogens with zero attached hydrogens (tertiary/aromatic N) is 2. The van der Waals surface area contributed by atoms with Crippen LogP contribution in [0.15, 0.2) is 66.7 Å². The Labute approximate surface area is 236 Å². The third-order valence-corrected chi connectivity index (χ3v) is 7.53. The van der Waals surface area contributed by atoms with Gasteiger partial charge in [-0.25, -0.2) is 4.52 Å². The molecule has 210 valence electrons. The van der Waals surface area contributed by atoms with Gasteiger partial charge in [0.15, 0.2) is 6.23 Å². The van der Waals surface area contributed by atoms with E-state index in [1.54, 1.807) is 0 Å². The summed E-state index contributed by atoms with van der Waals surface area (Å²) >= 11 is 6.40. The number of ether oxygens (including phenoxy) is 1. The van der Waals surface area contributed by atoms with E-state index in [2.05, 4.69) is 12.2 Å². The lowest BCUT2D eigenvalue weighted by Crippen LogP contribution is -2.63. The third-order valence-electron chi connectivity index (χ3n) is 7.30. The Morgan fingerprint density at radius 2 is 1.75 bits per heavy atom. The monoisotopic (exact) mass is 565 g/mol. The number of aryl methyl sites for hydroxylation is 1. The number of halogens is 1. The van der Waals surface area contributed by atoms with Crippen molar-refractivity contribution in [3.63, 3.8) is 0 Å². The predicted molar refractivity (Wildman–Crippen MR) is 151 cm³/mol. The fourth-order valence-corrected chi connectivity index (χ4v) is 5.40. The van der Waals surface area contributed by atoms with Gasteiger partial charge in [0.1, 0.15) is 24.4 Å². The average molecular weight is 566 g/mol. The van der Waals surface area contributed by atoms with Gasteiger partial charge < -0.3 is 30.5 Å². The Balaban J connectivity index is 1.54. The van der Waals surface area contributed by atoms with Crippen LogP contribution in [-0.4, -0.2) is 73.2 Å². The van der Waals surface area contributed by atoms with Crippen molar-refractivity contribution in [1.82, 2.24) is 14.9 Å². The number of hydrogen-bond donors (Lipinski definition) is 5. The number of amides is 1. The summed E-state index contributed by atoms with van der Waals surface area (Å²) in [5.74, 6) is -0.440. The lowest BCUT2D eigenvalue weighted by molar-refractivity contribution is -0.235. The summed E-state index contributed by atoms with van der Waals surface area (Å²) in [6.45, 7) is 1.49. The molecule has 0 bridgehead atoms. The first-order valence-electron chi connectivity index (χ1n) is 13.3. The van der Waals surface area contributed by atoms with Crippen molar-refractivity contribution in [2.45, 2.75) is 56.8 Å². The topological polar surface area (TPSA) is 137 Å². The van der Waals surface area contributed by atoms with Crippen molar-refractivity contribution in [2.24, 2.45) is 0 Å². The largest absolute Gasteiger partial charge is 0.394 e. The predicted octanol–water partition coefficient (Wildman–Crippen LogP) is 2.73. The van der Waals surface area contributed by atoms with Crippen LogP contribution in [-0.2, 0) is 22.4 Å². The Morgan fingerprint density at radius 1 is 1.00 bits per heavy atom. The van der Waals surface area contributed by atoms with Crippen LogP contribution in [0.4, 0.5) is 0 Å². The molecule has 1 amide bonds. The lowest BCUT2D eigenvalue weighted by Gasteiger charge is -2.40. The highest BCUT2D eigenvalue weighted by molar-refractivity contribution is 6.30. The van der Waals surface area contributed by atoms with E-state index in [0.717, 1.165) is 45.6 Å². The first-order valence-corrected chi connectivity index (χ1v) is 13.6. The van der Waals surface area contributed by atoms with Crippen molar-refractivity contribution in [3.8, 4) is 22.4 Å². The van der Waals surface area contributed by atoms with Crippen LogP contribution < -0.4 is 5.32 Å². The van der Waals surface area contributed by atoms with E-state index in [4.69, 9.17) is 21.4 Å². The van der Waals surface area contributed by atoms with E-state index < -0.39 is 43.2 Å². The summed E-state index contributed by atoms with van der Waals surface area (Å²) in [5.41, 5.74) is 6.22. The van der Waals surface area contributed by atoms with Gasteiger partial charge in [-0.15, -0.1) is 0 Å². The van der Waals surface area contributed by atoms with E-state index in [1.165, 1.54) is 0 Å². The molecular weight excluding hydrogens is 534 g/mol. The standard InChI is InChI=1S/C30H32ClN3O6/c1-2-20-11-13-22-25(18-9-6-10-19(31)15-18)21(26(33-34(20)22)17-7-4-3-5-8-17)12-14-24(36)32-30-29(39)28(38)27(37)23(16-35)40-30/h3-11,13,15,23,27-30,35,37-39H,2,12,14,16H2,1H3,(H,32,36)/t23-,27+,28+,29-,30-/m1/s1. The molecule has 0 spiro atoms. The number of carbonyl (C=O) groups excluding carboxylic acids is 1. The maximum Gasteiger partial charge on any atom is 0.222 e. The van der Waals surface area contributed by atoms with E-state index in [0.29, 0.717) is 11.4 Å². The molecule has 4 aromatic rings. The number of carbonyl (C=O) groups is 1. The third kappa shape index (κ3) is 5.49. The molecule has 5 N–H and O–H groups in total. The van der Waals surface area contributed by atoms with E-state index in [1.807, 2.05) is 71.2 Å². The molecule has 0 unspecified atom stereocenters. The molecule has 40 heavy (non-hydrogen) atoms. The molecule has 10 heteroatoms. The minimum Gasteiger partial charge on any atom is -0.394 e. The van der Waals surface area contributed by atoms with Gasteiger partial charge in [0, 0.05) is 28.3 Å². The normalized spacial score (nSPS) is 22.9. The highest BCUT2D eigenvalue weighted by Crippen LogP contribution is 2.37. The van der Waals surface area contributed by atoms with Crippen LogP contribution in [0.1, 0.15) is 24.6 Å². The Morgan fingerprint density at radius 3 is 2.45 bits per heavy atom. The molecule has 2 aromatic heterocycles. The van der Waals surface area contributed by atoms with Crippen molar-refractivity contribution in [2.75, 3.05) is 6.61 Å². The zero-order chi connectivity index (χ0) is 28.4. The minimum absolute atomic E-state index is 0.0155. The SMILES string of the molecule is CCc1ccc2c(-c3cccc(Cl)c3)c(CCC(=O)N[C@@H]3O[C@H](CO)[C@H](O)[C@H](O)[C@H]3O)c(-c3ccccc3)nn12. The van der Waals surface area contributed by atoms with Crippen molar-refractivity contribution in [1.29, 1.82) is 0 Å². The van der Waals surface area contributed by atoms with Gasteiger partial charge in [0.05, 0.1) is 17.8 Å². The molecular formula is C30H32ClN3O6. The Kier molecular flexibility index (Phi) is 8.51. The van der Waals surface area contributed by atoms with E-state index >= 15 is 0 Å². The molecule has 0 aliphatic carbocycles. The van der Waals surface area contributed by atoms with Crippen LogP contribution in [0.5, 0.6) is 0 Å². The number of hydrogen-bond acceptors (Lipinski definition) is 7. The molecule has 1 fully saturated rings. The molecule has 2 aromatic carbocycles. The zero-order valence-electron chi connectivity index (χ0n) is 21.9. The second-order valence-corrected chi connectivity index (χ2v) is 10.3. The highest BCUT2D eigenvalue weighted by atomic mass is 35.5. The zero-order valence-corrected chi connectivity index (χ0v) is 22.7. The number of aliphatic hydroxyl groups excluding tert-OH is 4. The first kappa shape index (κ1) is 28.2. The number of aliphatic hydroxyl groups is 4. The lowest BCUT2D eigenvalue weighted by atomic mass is 9.92. The number of rotatable bonds is 8. The molecule has 3 heterocycles. The number of benzene rings is 2. The molecule has 5 rings (SSSR count). The van der Waals surface area contributed by atoms with Gasteiger partial charge in [-0.3, -0.25) is 4.79 Å². The molecule has 1 aliphatic heterocycles. The van der Waals surface area contributed by atoms with Crippen molar-refractivity contribution >= 4 is 23.0 Å². The summed E-state index contributed by atoms with van der Waals surface area (Å²) in [6.07, 6.45) is -5.95.